The molecular formula is C24H29BrFN3O2. The molecule has 7 heteroatoms. The molecule has 31 heavy (non-hydrogen) atoms. The van der Waals surface area contributed by atoms with Crippen LogP contribution in [-0.4, -0.2) is 53.8 Å². The first-order valence-corrected chi connectivity index (χ1v) is 11.6. The highest BCUT2D eigenvalue weighted by Crippen LogP contribution is 2.21. The third kappa shape index (κ3) is 6.61. The molecule has 0 aromatic heterocycles. The zero-order valence-corrected chi connectivity index (χ0v) is 19.4. The van der Waals surface area contributed by atoms with E-state index in [1.807, 2.05) is 35.2 Å². The summed E-state index contributed by atoms with van der Waals surface area (Å²) >= 11 is 3.22. The lowest BCUT2D eigenvalue weighted by Crippen LogP contribution is -2.47. The molecule has 1 heterocycles. The average Bonchev–Trinajstić information content (AvgIpc) is 2.79. The maximum absolute atomic E-state index is 14.0. The van der Waals surface area contributed by atoms with Crippen LogP contribution in [0.4, 0.5) is 10.1 Å². The van der Waals surface area contributed by atoms with Crippen molar-refractivity contribution in [2.75, 3.05) is 31.5 Å². The third-order valence-corrected chi connectivity index (χ3v) is 6.12. The minimum atomic E-state index is -0.455. The quantitative estimate of drug-likeness (QED) is 0.571. The largest absolute Gasteiger partial charge is 0.339 e. The number of likely N-dealkylation sites (tertiary alicyclic amines) is 1. The van der Waals surface area contributed by atoms with Crippen LogP contribution in [0.1, 0.15) is 43.0 Å². The second-order valence-electron chi connectivity index (χ2n) is 7.85. The predicted octanol–water partition coefficient (Wildman–Crippen LogP) is 4.93. The molecule has 2 aromatic carbocycles. The number of anilines is 1. The fourth-order valence-corrected chi connectivity index (χ4v) is 4.34. The number of nitrogens with zero attached hydrogens (tertiary/aromatic N) is 2. The summed E-state index contributed by atoms with van der Waals surface area (Å²) in [4.78, 5) is 29.3. The molecule has 3 rings (SSSR count). The highest BCUT2D eigenvalue weighted by atomic mass is 79.9. The second-order valence-corrected chi connectivity index (χ2v) is 8.76. The molecule has 0 bridgehead atoms. The molecule has 166 valence electrons. The van der Waals surface area contributed by atoms with E-state index in [1.165, 1.54) is 6.07 Å². The van der Waals surface area contributed by atoms with Crippen LogP contribution in [0.25, 0.3) is 0 Å². The van der Waals surface area contributed by atoms with Crippen molar-refractivity contribution >= 4 is 33.4 Å². The number of benzene rings is 2. The molecule has 0 atom stereocenters. The van der Waals surface area contributed by atoms with Crippen LogP contribution in [0.15, 0.2) is 53.0 Å². The summed E-state index contributed by atoms with van der Waals surface area (Å²) in [7, 11) is 0. The Balaban J connectivity index is 1.50. The Morgan fingerprint density at radius 1 is 1.13 bits per heavy atom. The van der Waals surface area contributed by atoms with Gasteiger partial charge in [0.15, 0.2) is 0 Å². The Bertz CT molecular complexity index is 886. The lowest BCUT2D eigenvalue weighted by Gasteiger charge is -2.38. The van der Waals surface area contributed by atoms with Gasteiger partial charge < -0.3 is 10.2 Å². The van der Waals surface area contributed by atoms with Crippen LogP contribution >= 0.6 is 15.9 Å². The topological polar surface area (TPSA) is 52.7 Å². The van der Waals surface area contributed by atoms with Crippen LogP contribution in [0.2, 0.25) is 0 Å². The fourth-order valence-electron chi connectivity index (χ4n) is 4.01. The van der Waals surface area contributed by atoms with Crippen LogP contribution < -0.4 is 5.32 Å². The van der Waals surface area contributed by atoms with Crippen LogP contribution in [0.3, 0.4) is 0 Å². The SMILES string of the molecule is CCCN(CCC(=O)Nc1ccc(Br)cc1F)C1CCN(C(=O)c2ccccc2)CC1. The number of rotatable bonds is 8. The second kappa shape index (κ2) is 11.4. The smallest absolute Gasteiger partial charge is 0.253 e. The average molecular weight is 490 g/mol. The number of carbonyl (C=O) groups excluding carboxylic acids is 2. The molecule has 1 aliphatic rings. The maximum Gasteiger partial charge on any atom is 0.253 e. The van der Waals surface area contributed by atoms with Crippen LogP contribution in [0, 0.1) is 5.82 Å². The van der Waals surface area contributed by atoms with Crippen molar-refractivity contribution in [2.24, 2.45) is 0 Å². The molecule has 0 unspecified atom stereocenters. The summed E-state index contributed by atoms with van der Waals surface area (Å²) < 4.78 is 14.6. The Morgan fingerprint density at radius 3 is 2.48 bits per heavy atom. The van der Waals surface area contributed by atoms with Crippen molar-refractivity contribution in [3.8, 4) is 0 Å². The van der Waals surface area contributed by atoms with Gasteiger partial charge in [0.1, 0.15) is 5.82 Å². The molecule has 5 nitrogen and oxygen atoms in total. The van der Waals surface area contributed by atoms with Gasteiger partial charge in [0, 0.05) is 42.1 Å². The van der Waals surface area contributed by atoms with Gasteiger partial charge in [-0.3, -0.25) is 14.5 Å². The summed E-state index contributed by atoms with van der Waals surface area (Å²) in [5.74, 6) is -0.570. The number of nitrogens with one attached hydrogen (secondary N) is 1. The van der Waals surface area contributed by atoms with E-state index in [0.29, 0.717) is 23.5 Å². The van der Waals surface area contributed by atoms with Crippen molar-refractivity contribution in [3.63, 3.8) is 0 Å². The Hall–Kier alpha value is -2.25. The molecule has 1 N–H and O–H groups in total. The van der Waals surface area contributed by atoms with Gasteiger partial charge in [0.05, 0.1) is 5.69 Å². The first kappa shape index (κ1) is 23.4. The molecule has 0 saturated carbocycles. The zero-order chi connectivity index (χ0) is 22.2. The van der Waals surface area contributed by atoms with E-state index in [-0.39, 0.29) is 17.5 Å². The molecule has 1 aliphatic heterocycles. The standard InChI is InChI=1S/C24H29BrFN3O2/c1-2-13-28(16-12-23(30)27-22-9-8-19(25)17-21(22)26)20-10-14-29(15-11-20)24(31)18-6-4-3-5-7-18/h3-9,17,20H,2,10-16H2,1H3,(H,27,30). The van der Waals surface area contributed by atoms with Crippen molar-refractivity contribution in [3.05, 3.63) is 64.4 Å². The first-order chi connectivity index (χ1) is 15.0. The lowest BCUT2D eigenvalue weighted by atomic mass is 10.0. The molecule has 1 saturated heterocycles. The number of hydrogen-bond donors (Lipinski definition) is 1. The van der Waals surface area contributed by atoms with E-state index in [2.05, 4.69) is 33.1 Å². The molecule has 1 fully saturated rings. The highest BCUT2D eigenvalue weighted by molar-refractivity contribution is 9.10. The molecular weight excluding hydrogens is 461 g/mol. The van der Waals surface area contributed by atoms with Gasteiger partial charge in [-0.1, -0.05) is 41.1 Å². The van der Waals surface area contributed by atoms with Crippen molar-refractivity contribution in [1.29, 1.82) is 0 Å². The van der Waals surface area contributed by atoms with Gasteiger partial charge in [0.2, 0.25) is 5.91 Å². The zero-order valence-electron chi connectivity index (χ0n) is 17.8. The predicted molar refractivity (Wildman–Crippen MR) is 125 cm³/mol. The van der Waals surface area contributed by atoms with E-state index in [9.17, 15) is 14.0 Å². The molecule has 2 amide bonds. The van der Waals surface area contributed by atoms with E-state index in [1.54, 1.807) is 12.1 Å². The van der Waals surface area contributed by atoms with Gasteiger partial charge in [-0.2, -0.15) is 0 Å². The summed E-state index contributed by atoms with van der Waals surface area (Å²) in [5, 5.41) is 2.66. The summed E-state index contributed by atoms with van der Waals surface area (Å²) in [6.45, 7) is 5.08. The van der Waals surface area contributed by atoms with Crippen molar-refractivity contribution < 1.29 is 14.0 Å². The van der Waals surface area contributed by atoms with Gasteiger partial charge in [0.25, 0.3) is 5.91 Å². The number of amides is 2. The van der Waals surface area contributed by atoms with Crippen molar-refractivity contribution in [1.82, 2.24) is 9.80 Å². The van der Waals surface area contributed by atoms with Gasteiger partial charge in [-0.15, -0.1) is 0 Å². The maximum atomic E-state index is 14.0. The van der Waals surface area contributed by atoms with Gasteiger partial charge in [-0.05, 0) is 56.1 Å². The van der Waals surface area contributed by atoms with Gasteiger partial charge >= 0.3 is 0 Å². The minimum absolute atomic E-state index is 0.0805. The Labute approximate surface area is 191 Å². The van der Waals surface area contributed by atoms with E-state index < -0.39 is 5.82 Å². The Kier molecular flexibility index (Phi) is 8.60. The monoisotopic (exact) mass is 489 g/mol. The van der Waals surface area contributed by atoms with Crippen molar-refractivity contribution in [2.45, 2.75) is 38.6 Å². The van der Waals surface area contributed by atoms with E-state index >= 15 is 0 Å². The number of carbonyl (C=O) groups is 2. The van der Waals surface area contributed by atoms with Crippen LogP contribution in [0.5, 0.6) is 0 Å². The highest BCUT2D eigenvalue weighted by Gasteiger charge is 2.27. The van der Waals surface area contributed by atoms with Crippen LogP contribution in [-0.2, 0) is 4.79 Å². The normalized spacial score (nSPS) is 14.6. The summed E-state index contributed by atoms with van der Waals surface area (Å²) in [5.41, 5.74) is 0.922. The molecule has 2 aromatic rings. The fraction of sp³-hybridized carbons (Fsp3) is 0.417. The number of halogens is 2. The first-order valence-electron chi connectivity index (χ1n) is 10.8. The number of hydrogen-bond acceptors (Lipinski definition) is 3. The summed E-state index contributed by atoms with van der Waals surface area (Å²) in [6, 6.07) is 14.3. The Morgan fingerprint density at radius 2 is 1.84 bits per heavy atom. The van der Waals surface area contributed by atoms with E-state index in [4.69, 9.17) is 0 Å². The summed E-state index contributed by atoms with van der Waals surface area (Å²) in [6.07, 6.45) is 3.08. The van der Waals surface area contributed by atoms with E-state index in [0.717, 1.165) is 44.5 Å². The number of piperidine rings is 1. The third-order valence-electron chi connectivity index (χ3n) is 5.63. The molecule has 0 aliphatic carbocycles. The van der Waals surface area contributed by atoms with Gasteiger partial charge in [-0.25, -0.2) is 4.39 Å². The minimum Gasteiger partial charge on any atom is -0.339 e. The molecule has 0 spiro atoms. The molecule has 0 radical (unpaired) electrons. The lowest BCUT2D eigenvalue weighted by molar-refractivity contribution is -0.116.